The van der Waals surface area contributed by atoms with Gasteiger partial charge in [0, 0.05) is 18.4 Å². The number of nitrogens with one attached hydrogen (secondary N) is 2. The molecular formula is C20H22N2O5. The van der Waals surface area contributed by atoms with Crippen LogP contribution in [-0.2, 0) is 9.53 Å². The van der Waals surface area contributed by atoms with E-state index in [0.29, 0.717) is 41.5 Å². The Bertz CT molecular complexity index is 831. The van der Waals surface area contributed by atoms with Crippen molar-refractivity contribution in [2.45, 2.75) is 18.9 Å². The molecular weight excluding hydrogens is 348 g/mol. The molecule has 27 heavy (non-hydrogen) atoms. The molecule has 1 heterocycles. The average Bonchev–Trinajstić information content (AvgIpc) is 3.23. The fourth-order valence-electron chi connectivity index (χ4n) is 2.90. The van der Waals surface area contributed by atoms with Gasteiger partial charge in [0.05, 0.1) is 25.5 Å². The summed E-state index contributed by atoms with van der Waals surface area (Å²) in [5.41, 5.74) is 1.35. The van der Waals surface area contributed by atoms with Crippen LogP contribution in [0.1, 0.15) is 23.2 Å². The molecule has 1 aliphatic heterocycles. The molecule has 0 radical (unpaired) electrons. The van der Waals surface area contributed by atoms with E-state index >= 15 is 0 Å². The number of ether oxygens (including phenoxy) is 3. The molecule has 0 saturated carbocycles. The van der Waals surface area contributed by atoms with Gasteiger partial charge in [-0.1, -0.05) is 12.1 Å². The Balaban J connectivity index is 1.76. The number of carbonyl (C=O) groups is 2. The second kappa shape index (κ2) is 8.55. The first-order valence-corrected chi connectivity index (χ1v) is 8.67. The summed E-state index contributed by atoms with van der Waals surface area (Å²) >= 11 is 0. The second-order valence-electron chi connectivity index (χ2n) is 6.06. The minimum atomic E-state index is -0.466. The van der Waals surface area contributed by atoms with Gasteiger partial charge in [-0.15, -0.1) is 0 Å². The molecule has 2 amide bonds. The summed E-state index contributed by atoms with van der Waals surface area (Å²) in [5, 5.41) is 5.60. The maximum atomic E-state index is 12.7. The highest BCUT2D eigenvalue weighted by Gasteiger charge is 2.24. The fourth-order valence-corrected chi connectivity index (χ4v) is 2.90. The SMILES string of the molecule is COc1ccc(NC(=O)c2ccccc2NC(=O)C2CCCO2)cc1OC. The van der Waals surface area contributed by atoms with Crippen molar-refractivity contribution in [2.24, 2.45) is 0 Å². The van der Waals surface area contributed by atoms with E-state index in [-0.39, 0.29) is 11.8 Å². The summed E-state index contributed by atoms with van der Waals surface area (Å²) in [6.45, 7) is 0.583. The van der Waals surface area contributed by atoms with E-state index in [0.717, 1.165) is 6.42 Å². The van der Waals surface area contributed by atoms with Crippen molar-refractivity contribution in [3.8, 4) is 11.5 Å². The Morgan fingerprint density at radius 1 is 1.04 bits per heavy atom. The van der Waals surface area contributed by atoms with Crippen molar-refractivity contribution < 1.29 is 23.8 Å². The van der Waals surface area contributed by atoms with Crippen molar-refractivity contribution in [3.05, 3.63) is 48.0 Å². The van der Waals surface area contributed by atoms with Gasteiger partial charge in [0.15, 0.2) is 11.5 Å². The van der Waals surface area contributed by atoms with Gasteiger partial charge in [-0.05, 0) is 37.1 Å². The van der Waals surface area contributed by atoms with Gasteiger partial charge in [-0.3, -0.25) is 9.59 Å². The summed E-state index contributed by atoms with van der Waals surface area (Å²) in [6.07, 6.45) is 1.08. The summed E-state index contributed by atoms with van der Waals surface area (Å²) in [4.78, 5) is 25.0. The zero-order valence-corrected chi connectivity index (χ0v) is 15.3. The Kier molecular flexibility index (Phi) is 5.93. The van der Waals surface area contributed by atoms with Gasteiger partial charge in [-0.25, -0.2) is 0 Å². The normalized spacial score (nSPS) is 15.9. The number of rotatable bonds is 6. The molecule has 0 aliphatic carbocycles. The highest BCUT2D eigenvalue weighted by Crippen LogP contribution is 2.30. The van der Waals surface area contributed by atoms with Gasteiger partial charge in [-0.2, -0.15) is 0 Å². The lowest BCUT2D eigenvalue weighted by atomic mass is 10.1. The molecule has 0 aromatic heterocycles. The van der Waals surface area contributed by atoms with E-state index in [4.69, 9.17) is 14.2 Å². The molecule has 3 rings (SSSR count). The highest BCUT2D eigenvalue weighted by atomic mass is 16.5. The number of amides is 2. The standard InChI is InChI=1S/C20H22N2O5/c1-25-16-10-9-13(12-18(16)26-2)21-19(23)14-6-3-4-7-15(14)22-20(24)17-8-5-11-27-17/h3-4,6-7,9-10,12,17H,5,8,11H2,1-2H3,(H,21,23)(H,22,24). The monoisotopic (exact) mass is 370 g/mol. The molecule has 2 aromatic rings. The lowest BCUT2D eigenvalue weighted by Crippen LogP contribution is -2.28. The molecule has 0 spiro atoms. The van der Waals surface area contributed by atoms with E-state index < -0.39 is 6.10 Å². The number of anilines is 2. The Hall–Kier alpha value is -3.06. The molecule has 142 valence electrons. The van der Waals surface area contributed by atoms with Crippen LogP contribution in [0.2, 0.25) is 0 Å². The topological polar surface area (TPSA) is 85.9 Å². The lowest BCUT2D eigenvalue weighted by Gasteiger charge is -2.14. The van der Waals surface area contributed by atoms with E-state index in [9.17, 15) is 9.59 Å². The third-order valence-electron chi connectivity index (χ3n) is 4.29. The predicted octanol–water partition coefficient (Wildman–Crippen LogP) is 3.07. The Morgan fingerprint density at radius 3 is 2.52 bits per heavy atom. The molecule has 1 aliphatic rings. The fraction of sp³-hybridized carbons (Fsp3) is 0.300. The van der Waals surface area contributed by atoms with Crippen molar-refractivity contribution >= 4 is 23.2 Å². The van der Waals surface area contributed by atoms with E-state index in [2.05, 4.69) is 10.6 Å². The number of para-hydroxylation sites is 1. The van der Waals surface area contributed by atoms with Gasteiger partial charge in [0.1, 0.15) is 6.10 Å². The van der Waals surface area contributed by atoms with Gasteiger partial charge in [0.2, 0.25) is 0 Å². The minimum absolute atomic E-state index is 0.237. The van der Waals surface area contributed by atoms with E-state index in [1.165, 1.54) is 7.11 Å². The molecule has 7 heteroatoms. The van der Waals surface area contributed by atoms with Crippen LogP contribution in [0.4, 0.5) is 11.4 Å². The van der Waals surface area contributed by atoms with E-state index in [1.54, 1.807) is 49.6 Å². The predicted molar refractivity (Wildman–Crippen MR) is 102 cm³/mol. The smallest absolute Gasteiger partial charge is 0.257 e. The molecule has 2 aromatic carbocycles. The first-order valence-electron chi connectivity index (χ1n) is 8.67. The molecule has 7 nitrogen and oxygen atoms in total. The van der Waals surface area contributed by atoms with Gasteiger partial charge in [0.25, 0.3) is 11.8 Å². The van der Waals surface area contributed by atoms with Crippen molar-refractivity contribution in [2.75, 3.05) is 31.5 Å². The highest BCUT2D eigenvalue weighted by molar-refractivity contribution is 6.10. The Labute approximate surface area is 157 Å². The third kappa shape index (κ3) is 4.38. The summed E-state index contributed by atoms with van der Waals surface area (Å²) < 4.78 is 15.8. The minimum Gasteiger partial charge on any atom is -0.493 e. The maximum absolute atomic E-state index is 12.7. The Morgan fingerprint density at radius 2 is 1.81 bits per heavy atom. The van der Waals surface area contributed by atoms with Gasteiger partial charge >= 0.3 is 0 Å². The average molecular weight is 370 g/mol. The number of methoxy groups -OCH3 is 2. The first-order chi connectivity index (χ1) is 13.1. The molecule has 1 saturated heterocycles. The lowest BCUT2D eigenvalue weighted by molar-refractivity contribution is -0.124. The molecule has 1 fully saturated rings. The zero-order valence-electron chi connectivity index (χ0n) is 15.3. The zero-order chi connectivity index (χ0) is 19.2. The quantitative estimate of drug-likeness (QED) is 0.816. The van der Waals surface area contributed by atoms with Crippen LogP contribution in [0.25, 0.3) is 0 Å². The van der Waals surface area contributed by atoms with Crippen LogP contribution >= 0.6 is 0 Å². The van der Waals surface area contributed by atoms with Crippen LogP contribution in [-0.4, -0.2) is 38.7 Å². The number of benzene rings is 2. The molecule has 0 bridgehead atoms. The van der Waals surface area contributed by atoms with Crippen LogP contribution < -0.4 is 20.1 Å². The number of hydrogen-bond acceptors (Lipinski definition) is 5. The second-order valence-corrected chi connectivity index (χ2v) is 6.06. The maximum Gasteiger partial charge on any atom is 0.257 e. The van der Waals surface area contributed by atoms with Crippen molar-refractivity contribution in [1.29, 1.82) is 0 Å². The summed E-state index contributed by atoms with van der Waals surface area (Å²) in [5.74, 6) is 0.499. The summed E-state index contributed by atoms with van der Waals surface area (Å²) in [7, 11) is 3.07. The molecule has 1 unspecified atom stereocenters. The number of carbonyl (C=O) groups excluding carboxylic acids is 2. The van der Waals surface area contributed by atoms with Crippen LogP contribution in [0.3, 0.4) is 0 Å². The molecule has 1 atom stereocenters. The van der Waals surface area contributed by atoms with Gasteiger partial charge < -0.3 is 24.8 Å². The number of hydrogen-bond donors (Lipinski definition) is 2. The first kappa shape index (κ1) is 18.7. The van der Waals surface area contributed by atoms with Crippen LogP contribution in [0, 0.1) is 0 Å². The van der Waals surface area contributed by atoms with Crippen molar-refractivity contribution in [1.82, 2.24) is 0 Å². The third-order valence-corrected chi connectivity index (χ3v) is 4.29. The van der Waals surface area contributed by atoms with Crippen molar-refractivity contribution in [3.63, 3.8) is 0 Å². The molecule has 2 N–H and O–H groups in total. The van der Waals surface area contributed by atoms with Crippen LogP contribution in [0.5, 0.6) is 11.5 Å². The van der Waals surface area contributed by atoms with E-state index in [1.807, 2.05) is 0 Å². The summed E-state index contributed by atoms with van der Waals surface area (Å²) in [6, 6.07) is 11.9. The largest absolute Gasteiger partial charge is 0.493 e. The van der Waals surface area contributed by atoms with Crippen LogP contribution in [0.15, 0.2) is 42.5 Å².